The van der Waals surface area contributed by atoms with Crippen LogP contribution < -0.4 is 24.4 Å². The second kappa shape index (κ2) is 12.8. The van der Waals surface area contributed by atoms with Crippen LogP contribution in [-0.2, 0) is 10.5 Å². The lowest BCUT2D eigenvalue weighted by molar-refractivity contribution is -0.116. The molecule has 1 N–H and O–H groups in total. The van der Waals surface area contributed by atoms with Crippen molar-refractivity contribution in [3.05, 3.63) is 77.9 Å². The fourth-order valence-corrected chi connectivity index (χ4v) is 4.06. The Hall–Kier alpha value is -3.79. The monoisotopic (exact) mass is 515 g/mol. The molecule has 0 bridgehead atoms. The van der Waals surface area contributed by atoms with Crippen LogP contribution in [0.15, 0.2) is 65.7 Å². The van der Waals surface area contributed by atoms with E-state index in [0.29, 0.717) is 33.8 Å². The summed E-state index contributed by atoms with van der Waals surface area (Å²) in [6.07, 6.45) is 0. The van der Waals surface area contributed by atoms with Gasteiger partial charge in [0.05, 0.1) is 21.3 Å². The molecule has 0 unspecified atom stereocenters. The zero-order valence-electron chi connectivity index (χ0n) is 20.4. The van der Waals surface area contributed by atoms with Crippen LogP contribution in [0.5, 0.6) is 17.2 Å². The molecule has 0 saturated heterocycles. The molecule has 7 nitrogen and oxygen atoms in total. The minimum Gasteiger partial charge on any atom is -0.497 e. The van der Waals surface area contributed by atoms with E-state index < -0.39 is 11.6 Å². The zero-order valence-corrected chi connectivity index (χ0v) is 21.2. The number of nitrogens with one attached hydrogen (secondary N) is 1. The van der Waals surface area contributed by atoms with Gasteiger partial charge in [-0.1, -0.05) is 17.8 Å². The lowest BCUT2D eigenvalue weighted by atomic mass is 10.2. The van der Waals surface area contributed by atoms with E-state index in [1.165, 1.54) is 37.3 Å². The highest BCUT2D eigenvalue weighted by molar-refractivity contribution is 8.13. The molecule has 0 spiro atoms. The molecule has 0 aliphatic rings. The molecular formula is C26H27F2N3O4S. The highest BCUT2D eigenvalue weighted by Gasteiger charge is 2.15. The number of carbonyl (C=O) groups is 1. The normalized spacial score (nSPS) is 11.1. The van der Waals surface area contributed by atoms with Crippen molar-refractivity contribution in [2.75, 3.05) is 45.1 Å². The van der Waals surface area contributed by atoms with E-state index in [-0.39, 0.29) is 23.8 Å². The summed E-state index contributed by atoms with van der Waals surface area (Å²) in [4.78, 5) is 18.7. The summed E-state index contributed by atoms with van der Waals surface area (Å²) in [5, 5.41) is 3.44. The number of ether oxygens (including phenoxy) is 3. The summed E-state index contributed by atoms with van der Waals surface area (Å²) in [5.74, 6) is 0.109. The molecule has 190 valence electrons. The molecule has 0 aliphatic carbocycles. The van der Waals surface area contributed by atoms with Gasteiger partial charge in [0.1, 0.15) is 23.9 Å². The van der Waals surface area contributed by atoms with Crippen LogP contribution in [0.4, 0.5) is 20.2 Å². The molecular weight excluding hydrogens is 488 g/mol. The summed E-state index contributed by atoms with van der Waals surface area (Å²) in [7, 11) is 6.23. The average molecular weight is 516 g/mol. The number of likely N-dealkylation sites (N-methyl/N-ethyl adjacent to an activating group) is 1. The van der Waals surface area contributed by atoms with Crippen LogP contribution in [0.25, 0.3) is 0 Å². The fourth-order valence-electron chi connectivity index (χ4n) is 3.15. The summed E-state index contributed by atoms with van der Waals surface area (Å²) in [5.41, 5.74) is 1.20. The molecule has 10 heteroatoms. The van der Waals surface area contributed by atoms with Gasteiger partial charge in [0.2, 0.25) is 5.91 Å². The second-order valence-electron chi connectivity index (χ2n) is 7.46. The molecule has 3 rings (SSSR count). The largest absolute Gasteiger partial charge is 0.497 e. The third-order valence-electron chi connectivity index (χ3n) is 5.24. The van der Waals surface area contributed by atoms with Crippen molar-refractivity contribution >= 4 is 34.2 Å². The Morgan fingerprint density at radius 3 is 2.22 bits per heavy atom. The predicted molar refractivity (Wildman–Crippen MR) is 140 cm³/mol. The number of rotatable bonds is 9. The van der Waals surface area contributed by atoms with Gasteiger partial charge in [0.15, 0.2) is 16.7 Å². The lowest BCUT2D eigenvalue weighted by Gasteiger charge is -2.18. The van der Waals surface area contributed by atoms with Crippen molar-refractivity contribution < 1.29 is 27.8 Å². The number of carbonyl (C=O) groups excluding carboxylic acids is 1. The smallest absolute Gasteiger partial charge is 0.248 e. The van der Waals surface area contributed by atoms with Crippen molar-refractivity contribution in [1.82, 2.24) is 0 Å². The number of hydrogen-bond donors (Lipinski definition) is 1. The van der Waals surface area contributed by atoms with Gasteiger partial charge in [-0.05, 0) is 48.5 Å². The highest BCUT2D eigenvalue weighted by Crippen LogP contribution is 2.31. The molecule has 0 radical (unpaired) electrons. The molecule has 0 saturated carbocycles. The first-order valence-corrected chi connectivity index (χ1v) is 11.8. The molecule has 0 aromatic heterocycles. The van der Waals surface area contributed by atoms with E-state index in [1.807, 2.05) is 0 Å². The Morgan fingerprint density at radius 1 is 0.944 bits per heavy atom. The Kier molecular flexibility index (Phi) is 9.52. The van der Waals surface area contributed by atoms with Gasteiger partial charge in [0, 0.05) is 35.8 Å². The van der Waals surface area contributed by atoms with Gasteiger partial charge in [-0.25, -0.2) is 8.78 Å². The van der Waals surface area contributed by atoms with Crippen molar-refractivity contribution in [3.8, 4) is 17.2 Å². The number of methoxy groups -OCH3 is 3. The van der Waals surface area contributed by atoms with Crippen molar-refractivity contribution in [1.29, 1.82) is 0 Å². The van der Waals surface area contributed by atoms with Crippen molar-refractivity contribution in [2.24, 2.45) is 4.99 Å². The SMILES string of the molecule is COc1ccc(NC(=NCC(=O)N(C)c2ccc(OC)c(OC)c2)SCc2c(F)cccc2F)cc1. The van der Waals surface area contributed by atoms with E-state index in [9.17, 15) is 13.6 Å². The fraction of sp³-hybridized carbons (Fsp3) is 0.231. The predicted octanol–water partition coefficient (Wildman–Crippen LogP) is 5.35. The number of aliphatic imine (C=N–C) groups is 1. The third-order valence-corrected chi connectivity index (χ3v) is 6.18. The van der Waals surface area contributed by atoms with Gasteiger partial charge >= 0.3 is 0 Å². The van der Waals surface area contributed by atoms with E-state index in [0.717, 1.165) is 11.8 Å². The topological polar surface area (TPSA) is 72.4 Å². The van der Waals surface area contributed by atoms with E-state index in [2.05, 4.69) is 10.3 Å². The quantitative estimate of drug-likeness (QED) is 0.306. The number of amides is 1. The zero-order chi connectivity index (χ0) is 26.1. The summed E-state index contributed by atoms with van der Waals surface area (Å²) >= 11 is 1.09. The lowest BCUT2D eigenvalue weighted by Crippen LogP contribution is -2.29. The number of nitrogens with zero attached hydrogens (tertiary/aromatic N) is 2. The maximum atomic E-state index is 14.1. The third kappa shape index (κ3) is 6.88. The van der Waals surface area contributed by atoms with Crippen LogP contribution in [0.1, 0.15) is 5.56 Å². The molecule has 1 amide bonds. The van der Waals surface area contributed by atoms with Gasteiger partial charge in [-0.15, -0.1) is 0 Å². The number of thioether (sulfide) groups is 1. The van der Waals surface area contributed by atoms with Gasteiger partial charge in [-0.2, -0.15) is 0 Å². The van der Waals surface area contributed by atoms with Crippen molar-refractivity contribution in [3.63, 3.8) is 0 Å². The second-order valence-corrected chi connectivity index (χ2v) is 8.42. The molecule has 0 aliphatic heterocycles. The first kappa shape index (κ1) is 26.8. The number of amidine groups is 1. The highest BCUT2D eigenvalue weighted by atomic mass is 32.2. The van der Waals surface area contributed by atoms with E-state index in [1.54, 1.807) is 56.6 Å². The maximum Gasteiger partial charge on any atom is 0.248 e. The van der Waals surface area contributed by atoms with Crippen LogP contribution in [-0.4, -0.2) is 46.0 Å². The molecule has 0 atom stereocenters. The summed E-state index contributed by atoms with van der Waals surface area (Å²) in [6, 6.07) is 15.9. The number of hydrogen-bond acceptors (Lipinski definition) is 6. The van der Waals surface area contributed by atoms with Gasteiger partial charge in [0.25, 0.3) is 0 Å². The van der Waals surface area contributed by atoms with Crippen LogP contribution in [0, 0.1) is 11.6 Å². The minimum atomic E-state index is -0.643. The Balaban J connectivity index is 1.78. The van der Waals surface area contributed by atoms with Crippen LogP contribution in [0.3, 0.4) is 0 Å². The maximum absolute atomic E-state index is 14.1. The Bertz CT molecular complexity index is 1200. The first-order valence-electron chi connectivity index (χ1n) is 10.9. The minimum absolute atomic E-state index is 0.0137. The van der Waals surface area contributed by atoms with Crippen LogP contribution in [0.2, 0.25) is 0 Å². The number of anilines is 2. The Labute approximate surface area is 213 Å². The number of benzene rings is 3. The first-order chi connectivity index (χ1) is 17.4. The molecule has 0 fully saturated rings. The van der Waals surface area contributed by atoms with Crippen LogP contribution >= 0.6 is 11.8 Å². The number of halogens is 2. The summed E-state index contributed by atoms with van der Waals surface area (Å²) < 4.78 is 44.0. The van der Waals surface area contributed by atoms with Crippen molar-refractivity contribution in [2.45, 2.75) is 5.75 Å². The van der Waals surface area contributed by atoms with E-state index in [4.69, 9.17) is 14.2 Å². The van der Waals surface area contributed by atoms with Gasteiger partial charge < -0.3 is 24.4 Å². The molecule has 3 aromatic rings. The molecule has 0 heterocycles. The van der Waals surface area contributed by atoms with Gasteiger partial charge in [-0.3, -0.25) is 9.79 Å². The molecule has 3 aromatic carbocycles. The average Bonchev–Trinajstić information content (AvgIpc) is 2.90. The van der Waals surface area contributed by atoms with E-state index >= 15 is 0 Å². The standard InChI is InChI=1S/C26H27F2N3O4S/c1-31(18-10-13-23(34-3)24(14-18)35-4)25(32)15-29-26(30-17-8-11-19(33-2)12-9-17)36-16-20-21(27)6-5-7-22(20)28/h5-14H,15-16H2,1-4H3,(H,29,30). The Morgan fingerprint density at radius 2 is 1.61 bits per heavy atom. The summed E-state index contributed by atoms with van der Waals surface area (Å²) in [6.45, 7) is -0.198. The molecule has 36 heavy (non-hydrogen) atoms.